The maximum Gasteiger partial charge on any atom is 0.395 e. The summed E-state index contributed by atoms with van der Waals surface area (Å²) >= 11 is 0. The second-order valence-corrected chi connectivity index (χ2v) is 10.8. The summed E-state index contributed by atoms with van der Waals surface area (Å²) in [4.78, 5) is 53.9. The highest BCUT2D eigenvalue weighted by atomic mass is 31.1. The summed E-state index contributed by atoms with van der Waals surface area (Å²) in [6.45, 7) is 3.28. The van der Waals surface area contributed by atoms with Gasteiger partial charge in [-0.15, -0.1) is 0 Å². The SMILES string of the molecule is CC(C)OC(=O)[C@H](C)N=[P+]([O-])Oc1ccccc1OC[C@H]1O[C@@H](n2ccc(N)nc2=O)C(F)(F)[C@]1(O)OC(=O)CN(C)C. The molecule has 1 unspecified atom stereocenters. The van der Waals surface area contributed by atoms with Gasteiger partial charge in [-0.25, -0.2) is 9.59 Å². The average molecular weight is 632 g/mol. The monoisotopic (exact) mass is 631 g/mol. The summed E-state index contributed by atoms with van der Waals surface area (Å²) in [6, 6.07) is 5.55. The molecule has 0 aliphatic carbocycles. The summed E-state index contributed by atoms with van der Waals surface area (Å²) < 4.78 is 61.8. The number of anilines is 1. The first-order chi connectivity index (χ1) is 20.0. The van der Waals surface area contributed by atoms with Gasteiger partial charge < -0.3 is 34.7 Å². The highest BCUT2D eigenvalue weighted by Gasteiger charge is 2.73. The fourth-order valence-electron chi connectivity index (χ4n) is 3.76. The van der Waals surface area contributed by atoms with E-state index in [9.17, 15) is 24.4 Å². The van der Waals surface area contributed by atoms with Crippen molar-refractivity contribution in [1.29, 1.82) is 0 Å². The largest absolute Gasteiger partial charge is 0.575 e. The molecule has 1 aromatic carbocycles. The van der Waals surface area contributed by atoms with Gasteiger partial charge in [0.2, 0.25) is 12.0 Å². The van der Waals surface area contributed by atoms with Crippen LogP contribution in [-0.4, -0.2) is 88.7 Å². The molecule has 1 saturated heterocycles. The van der Waals surface area contributed by atoms with E-state index in [4.69, 9.17) is 29.2 Å². The Morgan fingerprint density at radius 2 is 1.91 bits per heavy atom. The number of benzene rings is 1. The van der Waals surface area contributed by atoms with Crippen LogP contribution in [0.1, 0.15) is 27.0 Å². The van der Waals surface area contributed by atoms with E-state index in [-0.39, 0.29) is 17.3 Å². The van der Waals surface area contributed by atoms with Crippen LogP contribution in [0.5, 0.6) is 11.5 Å². The molecule has 0 amide bonds. The predicted molar refractivity (Wildman–Crippen MR) is 144 cm³/mol. The molecule has 3 rings (SSSR count). The molecule has 2 aromatic rings. The Bertz CT molecular complexity index is 1410. The van der Waals surface area contributed by atoms with Gasteiger partial charge in [-0.2, -0.15) is 13.8 Å². The van der Waals surface area contributed by atoms with Crippen molar-refractivity contribution < 1.29 is 51.8 Å². The van der Waals surface area contributed by atoms with Gasteiger partial charge in [-0.05, 0) is 53.1 Å². The lowest BCUT2D eigenvalue weighted by Crippen LogP contribution is -2.58. The molecule has 0 saturated carbocycles. The van der Waals surface area contributed by atoms with E-state index in [2.05, 4.69) is 9.73 Å². The van der Waals surface area contributed by atoms with Gasteiger partial charge in [-0.3, -0.25) is 18.8 Å². The zero-order valence-electron chi connectivity index (χ0n) is 23.9. The number of nitrogens with two attached hydrogens (primary N) is 1. The number of alkyl halides is 2. The fourth-order valence-corrected chi connectivity index (χ4v) is 4.50. The number of likely N-dealkylation sites (N-methyl/N-ethyl adjacent to an activating group) is 1. The van der Waals surface area contributed by atoms with Crippen molar-refractivity contribution in [3.05, 3.63) is 47.0 Å². The van der Waals surface area contributed by atoms with Crippen LogP contribution >= 0.6 is 8.17 Å². The van der Waals surface area contributed by atoms with Crippen molar-refractivity contribution in [3.63, 3.8) is 0 Å². The summed E-state index contributed by atoms with van der Waals surface area (Å²) in [7, 11) is 0.119. The van der Waals surface area contributed by atoms with E-state index in [0.29, 0.717) is 4.57 Å². The number of carbonyl (C=O) groups excluding carboxylic acids is 2. The Morgan fingerprint density at radius 1 is 1.26 bits per heavy atom. The van der Waals surface area contributed by atoms with Crippen molar-refractivity contribution in [2.45, 2.75) is 57.0 Å². The number of aromatic nitrogens is 2. The Kier molecular flexibility index (Phi) is 10.7. The zero-order chi connectivity index (χ0) is 32.1. The molecule has 18 heteroatoms. The van der Waals surface area contributed by atoms with Crippen LogP contribution in [0.2, 0.25) is 0 Å². The normalized spacial score (nSPS) is 22.3. The third kappa shape index (κ3) is 8.00. The molecule has 236 valence electrons. The summed E-state index contributed by atoms with van der Waals surface area (Å²) in [6.07, 6.45) is -4.08. The number of aliphatic hydroxyl groups is 1. The van der Waals surface area contributed by atoms with Gasteiger partial charge in [0, 0.05) is 6.20 Å². The van der Waals surface area contributed by atoms with Crippen LogP contribution in [0.15, 0.2) is 46.1 Å². The number of halogens is 2. The second kappa shape index (κ2) is 13.7. The molecule has 0 bridgehead atoms. The van der Waals surface area contributed by atoms with E-state index >= 15 is 8.78 Å². The first-order valence-electron chi connectivity index (χ1n) is 12.8. The number of rotatable bonds is 12. The quantitative estimate of drug-likeness (QED) is 0.190. The average Bonchev–Trinajstić information content (AvgIpc) is 3.07. The Morgan fingerprint density at radius 3 is 2.51 bits per heavy atom. The van der Waals surface area contributed by atoms with E-state index in [1.807, 2.05) is 0 Å². The lowest BCUT2D eigenvalue weighted by Gasteiger charge is -2.32. The van der Waals surface area contributed by atoms with Crippen LogP contribution in [0, 0.1) is 0 Å². The number of ether oxygens (including phenoxy) is 4. The predicted octanol–water partition coefficient (Wildman–Crippen LogP) is 0.805. The third-order valence-corrected chi connectivity index (χ3v) is 6.60. The fraction of sp³-hybridized carbons (Fsp3) is 0.520. The Hall–Kier alpha value is -3.76. The Labute approximate surface area is 245 Å². The van der Waals surface area contributed by atoms with Crippen molar-refractivity contribution in [2.75, 3.05) is 33.0 Å². The van der Waals surface area contributed by atoms with Gasteiger partial charge in [0.15, 0.2) is 17.9 Å². The van der Waals surface area contributed by atoms with Crippen LogP contribution in [-0.2, 0) is 23.8 Å². The van der Waals surface area contributed by atoms with Gasteiger partial charge in [0.25, 0.3) is 0 Å². The molecule has 1 fully saturated rings. The Balaban J connectivity index is 1.88. The lowest BCUT2D eigenvalue weighted by molar-refractivity contribution is -0.302. The number of carbonyl (C=O) groups is 2. The molecule has 3 N–H and O–H groups in total. The smallest absolute Gasteiger partial charge is 0.395 e. The molecule has 5 atom stereocenters. The third-order valence-electron chi connectivity index (χ3n) is 5.71. The second-order valence-electron chi connectivity index (χ2n) is 9.91. The summed E-state index contributed by atoms with van der Waals surface area (Å²) in [5, 5.41) is 11.1. The van der Waals surface area contributed by atoms with Crippen LogP contribution in [0.25, 0.3) is 0 Å². The number of hydrogen-bond donors (Lipinski definition) is 2. The van der Waals surface area contributed by atoms with Crippen molar-refractivity contribution in [2.24, 2.45) is 4.74 Å². The number of nitrogen functional groups attached to an aromatic ring is 1. The summed E-state index contributed by atoms with van der Waals surface area (Å²) in [5.41, 5.74) is 4.23. The minimum absolute atomic E-state index is 0.151. The number of nitrogens with zero attached hydrogens (tertiary/aromatic N) is 4. The number of hydrogen-bond acceptors (Lipinski definition) is 14. The molecular formula is C25H32F2N5O10P. The number of para-hydroxylation sites is 2. The maximum atomic E-state index is 15.8. The van der Waals surface area contributed by atoms with Gasteiger partial charge in [0.05, 0.1) is 12.6 Å². The number of esters is 2. The maximum absolute atomic E-state index is 15.8. The molecule has 15 nitrogen and oxygen atoms in total. The van der Waals surface area contributed by atoms with Crippen LogP contribution < -0.4 is 25.6 Å². The van der Waals surface area contributed by atoms with E-state index in [0.717, 1.165) is 12.3 Å². The van der Waals surface area contributed by atoms with E-state index in [1.165, 1.54) is 50.2 Å². The molecule has 43 heavy (non-hydrogen) atoms. The molecule has 0 radical (unpaired) electrons. The van der Waals surface area contributed by atoms with Crippen molar-refractivity contribution in [1.82, 2.24) is 14.5 Å². The first kappa shape index (κ1) is 33.7. The van der Waals surface area contributed by atoms with Gasteiger partial charge in [-0.1, -0.05) is 16.9 Å². The minimum Gasteiger partial charge on any atom is -0.575 e. The lowest BCUT2D eigenvalue weighted by atomic mass is 10.0. The molecule has 2 heterocycles. The molecule has 0 spiro atoms. The molecule has 1 aromatic heterocycles. The van der Waals surface area contributed by atoms with E-state index in [1.54, 1.807) is 13.8 Å². The van der Waals surface area contributed by atoms with Crippen molar-refractivity contribution in [3.8, 4) is 11.5 Å². The minimum atomic E-state index is -4.40. The van der Waals surface area contributed by atoms with E-state index < -0.39 is 75.1 Å². The van der Waals surface area contributed by atoms with Gasteiger partial charge in [0.1, 0.15) is 12.4 Å². The highest BCUT2D eigenvalue weighted by molar-refractivity contribution is 7.34. The standard InChI is InChI=1S/C25H32F2N5O10P/c1-14(2)39-21(34)15(3)30-43(37)42-17-9-7-6-8-16(17)38-13-18-25(36,41-20(33)12-31(4)5)24(26,27)22(40-18)32-11-10-19(28)29-23(32)35/h6-11,14-15,18,22,36H,12-13H2,1-5H3,(H2,28,29,35)/t15-,18+,22+,25+/m0/s1. The van der Waals surface area contributed by atoms with Crippen LogP contribution in [0.3, 0.4) is 0 Å². The zero-order valence-corrected chi connectivity index (χ0v) is 24.8. The van der Waals surface area contributed by atoms with Crippen molar-refractivity contribution >= 4 is 25.9 Å². The molecular weight excluding hydrogens is 599 g/mol. The highest BCUT2D eigenvalue weighted by Crippen LogP contribution is 2.50. The molecule has 1 aliphatic heterocycles. The topological polar surface area (TPSA) is 200 Å². The summed E-state index contributed by atoms with van der Waals surface area (Å²) in [5.74, 6) is -10.5. The first-order valence-corrected chi connectivity index (χ1v) is 13.9. The molecule has 1 aliphatic rings. The van der Waals surface area contributed by atoms with Crippen LogP contribution in [0.4, 0.5) is 14.6 Å². The van der Waals surface area contributed by atoms with Gasteiger partial charge >= 0.3 is 37.5 Å².